The van der Waals surface area contributed by atoms with Gasteiger partial charge < -0.3 is 11.1 Å². The van der Waals surface area contributed by atoms with Crippen LogP contribution in [0.3, 0.4) is 0 Å². The fourth-order valence-corrected chi connectivity index (χ4v) is 2.43. The zero-order chi connectivity index (χ0) is 13.6. The molecule has 1 rings (SSSR count). The van der Waals surface area contributed by atoms with Gasteiger partial charge in [0.15, 0.2) is 0 Å². The minimum atomic E-state index is -0.729. The molecular formula is C14H27N3O. The van der Waals surface area contributed by atoms with Crippen LogP contribution in [0.1, 0.15) is 39.5 Å². The number of nitrogens with two attached hydrogens (primary N) is 1. The van der Waals surface area contributed by atoms with Gasteiger partial charge in [-0.3, -0.25) is 9.69 Å². The van der Waals surface area contributed by atoms with Crippen molar-refractivity contribution >= 4 is 5.91 Å². The third kappa shape index (κ3) is 4.42. The van der Waals surface area contributed by atoms with E-state index < -0.39 is 5.54 Å². The van der Waals surface area contributed by atoms with Crippen LogP contribution in [0.5, 0.6) is 0 Å². The van der Waals surface area contributed by atoms with Crippen LogP contribution in [0.15, 0.2) is 12.7 Å². The van der Waals surface area contributed by atoms with Crippen molar-refractivity contribution in [2.45, 2.75) is 51.1 Å². The molecule has 0 aromatic rings. The van der Waals surface area contributed by atoms with Crippen LogP contribution in [0, 0.1) is 0 Å². The maximum absolute atomic E-state index is 12.1. The van der Waals surface area contributed by atoms with Crippen LogP contribution in [0.25, 0.3) is 0 Å². The van der Waals surface area contributed by atoms with E-state index in [9.17, 15) is 4.79 Å². The summed E-state index contributed by atoms with van der Waals surface area (Å²) in [4.78, 5) is 14.4. The molecule has 4 nitrogen and oxygen atoms in total. The highest BCUT2D eigenvalue weighted by Crippen LogP contribution is 2.13. The smallest absolute Gasteiger partial charge is 0.240 e. The van der Waals surface area contributed by atoms with Crippen molar-refractivity contribution in [1.82, 2.24) is 10.2 Å². The van der Waals surface area contributed by atoms with Gasteiger partial charge in [0.25, 0.3) is 0 Å². The fraction of sp³-hybridized carbons (Fsp3) is 0.786. The van der Waals surface area contributed by atoms with E-state index in [1.54, 1.807) is 0 Å². The third-order valence-electron chi connectivity index (χ3n) is 3.60. The zero-order valence-electron chi connectivity index (χ0n) is 11.7. The Balaban J connectivity index is 2.36. The summed E-state index contributed by atoms with van der Waals surface area (Å²) in [5.74, 6) is -0.00785. The van der Waals surface area contributed by atoms with E-state index in [1.165, 1.54) is 0 Å². The summed E-state index contributed by atoms with van der Waals surface area (Å²) in [6, 6.07) is 0.276. The van der Waals surface area contributed by atoms with Crippen LogP contribution in [-0.2, 0) is 4.79 Å². The minimum absolute atomic E-state index is 0.00785. The van der Waals surface area contributed by atoms with Gasteiger partial charge in [0.1, 0.15) is 0 Å². The van der Waals surface area contributed by atoms with Crippen molar-refractivity contribution in [2.75, 3.05) is 19.6 Å². The van der Waals surface area contributed by atoms with Crippen molar-refractivity contribution in [3.8, 4) is 0 Å². The Labute approximate surface area is 111 Å². The number of carbonyl (C=O) groups is 1. The second-order valence-corrected chi connectivity index (χ2v) is 5.50. The van der Waals surface area contributed by atoms with Crippen molar-refractivity contribution in [3.05, 3.63) is 12.7 Å². The number of likely N-dealkylation sites (tertiary alicyclic amines) is 1. The number of carbonyl (C=O) groups excluding carboxylic acids is 1. The van der Waals surface area contributed by atoms with E-state index in [4.69, 9.17) is 5.73 Å². The van der Waals surface area contributed by atoms with Crippen LogP contribution in [0.2, 0.25) is 0 Å². The van der Waals surface area contributed by atoms with Gasteiger partial charge in [-0.25, -0.2) is 0 Å². The Morgan fingerprint density at radius 2 is 2.17 bits per heavy atom. The highest BCUT2D eigenvalue weighted by atomic mass is 16.2. The first kappa shape index (κ1) is 15.2. The molecular weight excluding hydrogens is 226 g/mol. The van der Waals surface area contributed by atoms with E-state index in [2.05, 4.69) is 16.8 Å². The van der Waals surface area contributed by atoms with Gasteiger partial charge in [0.2, 0.25) is 5.91 Å². The van der Waals surface area contributed by atoms with Crippen molar-refractivity contribution in [1.29, 1.82) is 0 Å². The molecule has 1 aliphatic heterocycles. The second kappa shape index (κ2) is 6.90. The van der Waals surface area contributed by atoms with Gasteiger partial charge in [-0.15, -0.1) is 6.58 Å². The molecule has 1 aliphatic rings. The predicted molar refractivity (Wildman–Crippen MR) is 75.3 cm³/mol. The van der Waals surface area contributed by atoms with Crippen LogP contribution < -0.4 is 11.1 Å². The summed E-state index contributed by atoms with van der Waals surface area (Å²) in [7, 11) is 0. The molecule has 0 bridgehead atoms. The van der Waals surface area contributed by atoms with Gasteiger partial charge >= 0.3 is 0 Å². The lowest BCUT2D eigenvalue weighted by molar-refractivity contribution is -0.127. The molecule has 0 aromatic heterocycles. The van der Waals surface area contributed by atoms with Gasteiger partial charge in [0.05, 0.1) is 5.54 Å². The first-order chi connectivity index (χ1) is 8.49. The van der Waals surface area contributed by atoms with Gasteiger partial charge in [-0.2, -0.15) is 0 Å². The lowest BCUT2D eigenvalue weighted by atomic mass is 9.95. The average Bonchev–Trinajstić information content (AvgIpc) is 2.32. The van der Waals surface area contributed by atoms with Crippen molar-refractivity contribution in [3.63, 3.8) is 0 Å². The van der Waals surface area contributed by atoms with E-state index in [0.717, 1.165) is 45.3 Å². The van der Waals surface area contributed by atoms with Gasteiger partial charge in [0, 0.05) is 25.7 Å². The second-order valence-electron chi connectivity index (χ2n) is 5.50. The number of amides is 1. The number of nitrogens with one attached hydrogen (secondary N) is 1. The Kier molecular flexibility index (Phi) is 5.82. The van der Waals surface area contributed by atoms with Crippen LogP contribution >= 0.6 is 0 Å². The first-order valence-corrected chi connectivity index (χ1v) is 6.92. The summed E-state index contributed by atoms with van der Waals surface area (Å²) in [5, 5.41) is 3.09. The maximum atomic E-state index is 12.1. The molecule has 0 aromatic carbocycles. The van der Waals surface area contributed by atoms with E-state index >= 15 is 0 Å². The minimum Gasteiger partial charge on any atom is -0.352 e. The zero-order valence-corrected chi connectivity index (χ0v) is 11.7. The molecule has 4 heteroatoms. The quantitative estimate of drug-likeness (QED) is 0.701. The SMILES string of the molecule is C=CCN1CCC(NC(=O)C(C)(N)CCC)CC1. The molecule has 1 fully saturated rings. The topological polar surface area (TPSA) is 58.4 Å². The summed E-state index contributed by atoms with van der Waals surface area (Å²) < 4.78 is 0. The largest absolute Gasteiger partial charge is 0.352 e. The van der Waals surface area contributed by atoms with E-state index in [1.807, 2.05) is 19.9 Å². The highest BCUT2D eigenvalue weighted by molar-refractivity contribution is 5.85. The summed E-state index contributed by atoms with van der Waals surface area (Å²) in [6.45, 7) is 10.6. The molecule has 0 saturated carbocycles. The van der Waals surface area contributed by atoms with E-state index in [0.29, 0.717) is 0 Å². The number of rotatable bonds is 6. The molecule has 1 saturated heterocycles. The number of nitrogens with zero attached hydrogens (tertiary/aromatic N) is 1. The molecule has 18 heavy (non-hydrogen) atoms. The van der Waals surface area contributed by atoms with Gasteiger partial charge in [-0.05, 0) is 26.2 Å². The molecule has 0 radical (unpaired) electrons. The van der Waals surface area contributed by atoms with Crippen LogP contribution in [-0.4, -0.2) is 42.0 Å². The first-order valence-electron chi connectivity index (χ1n) is 6.92. The average molecular weight is 253 g/mol. The molecule has 1 atom stereocenters. The Hall–Kier alpha value is -0.870. The summed E-state index contributed by atoms with van der Waals surface area (Å²) in [5.41, 5.74) is 5.30. The molecule has 1 heterocycles. The molecule has 104 valence electrons. The summed E-state index contributed by atoms with van der Waals surface area (Å²) >= 11 is 0. The van der Waals surface area contributed by atoms with Crippen LogP contribution in [0.4, 0.5) is 0 Å². The fourth-order valence-electron chi connectivity index (χ4n) is 2.43. The maximum Gasteiger partial charge on any atom is 0.240 e. The normalized spacial score (nSPS) is 21.3. The standard InChI is InChI=1S/C14H27N3O/c1-4-8-14(3,15)13(18)16-12-6-10-17(9-5-2)11-7-12/h5,12H,2,4,6-11,15H2,1,3H3,(H,16,18). The van der Waals surface area contributed by atoms with Crippen molar-refractivity contribution < 1.29 is 4.79 Å². The Morgan fingerprint density at radius 3 is 2.67 bits per heavy atom. The third-order valence-corrected chi connectivity index (χ3v) is 3.60. The van der Waals surface area contributed by atoms with Crippen molar-refractivity contribution in [2.24, 2.45) is 5.73 Å². The highest BCUT2D eigenvalue weighted by Gasteiger charge is 2.29. The Morgan fingerprint density at radius 1 is 1.56 bits per heavy atom. The summed E-state index contributed by atoms with van der Waals surface area (Å²) in [6.07, 6.45) is 5.59. The number of hydrogen-bond acceptors (Lipinski definition) is 3. The Bertz CT molecular complexity index is 281. The molecule has 0 aliphatic carbocycles. The van der Waals surface area contributed by atoms with E-state index in [-0.39, 0.29) is 11.9 Å². The monoisotopic (exact) mass is 253 g/mol. The molecule has 1 unspecified atom stereocenters. The molecule has 3 N–H and O–H groups in total. The molecule has 1 amide bonds. The number of piperidine rings is 1. The lowest BCUT2D eigenvalue weighted by Crippen LogP contribution is -2.55. The molecule has 0 spiro atoms. The van der Waals surface area contributed by atoms with Gasteiger partial charge in [-0.1, -0.05) is 19.4 Å². The number of hydrogen-bond donors (Lipinski definition) is 2. The predicted octanol–water partition coefficient (Wildman–Crippen LogP) is 1.27. The lowest BCUT2D eigenvalue weighted by Gasteiger charge is -2.33.